The molecule has 1 fully saturated rings. The second kappa shape index (κ2) is 8.36. The van der Waals surface area contributed by atoms with E-state index in [-0.39, 0.29) is 23.1 Å². The molecular weight excluding hydrogens is 400 g/mol. The highest BCUT2D eigenvalue weighted by atomic mass is 35.5. The molecule has 2 amide bonds. The highest BCUT2D eigenvalue weighted by Gasteiger charge is 2.37. The van der Waals surface area contributed by atoms with Crippen LogP contribution in [0.2, 0.25) is 5.02 Å². The van der Waals surface area contributed by atoms with Crippen LogP contribution < -0.4 is 0 Å². The monoisotopic (exact) mass is 422 g/mol. The number of fused-ring (bicyclic) bond motifs is 1. The predicted molar refractivity (Wildman–Crippen MR) is 118 cm³/mol. The molecule has 0 spiro atoms. The number of hydrogen-bond acceptors (Lipinski definition) is 3. The Bertz CT molecular complexity index is 1110. The summed E-state index contributed by atoms with van der Waals surface area (Å²) in [6, 6.07) is 17.7. The maximum atomic E-state index is 13.2. The van der Waals surface area contributed by atoms with Gasteiger partial charge in [0.2, 0.25) is 5.91 Å². The molecule has 30 heavy (non-hydrogen) atoms. The molecule has 0 aromatic heterocycles. The van der Waals surface area contributed by atoms with Crippen molar-refractivity contribution in [2.75, 3.05) is 13.6 Å². The lowest BCUT2D eigenvalue weighted by Gasteiger charge is -2.28. The van der Waals surface area contributed by atoms with E-state index in [1.165, 1.54) is 0 Å². The van der Waals surface area contributed by atoms with Gasteiger partial charge in [-0.25, -0.2) is 0 Å². The molecule has 1 aliphatic heterocycles. The number of hydrogen-bond donors (Lipinski definition) is 1. The fraction of sp³-hybridized carbons (Fsp3) is 0.250. The van der Waals surface area contributed by atoms with Crippen molar-refractivity contribution in [1.29, 1.82) is 0 Å². The van der Waals surface area contributed by atoms with E-state index in [4.69, 9.17) is 11.6 Å². The summed E-state index contributed by atoms with van der Waals surface area (Å²) < 4.78 is 0. The van der Waals surface area contributed by atoms with E-state index in [1.54, 1.807) is 35.0 Å². The predicted octanol–water partition coefficient (Wildman–Crippen LogP) is 4.46. The van der Waals surface area contributed by atoms with Crippen LogP contribution in [0.4, 0.5) is 0 Å². The van der Waals surface area contributed by atoms with Crippen molar-refractivity contribution < 1.29 is 14.7 Å². The van der Waals surface area contributed by atoms with E-state index >= 15 is 0 Å². The number of carbonyl (C=O) groups excluding carboxylic acids is 2. The summed E-state index contributed by atoms with van der Waals surface area (Å²) in [7, 11) is 1.73. The molecule has 1 unspecified atom stereocenters. The second-order valence-electron chi connectivity index (χ2n) is 7.66. The Morgan fingerprint density at radius 3 is 2.73 bits per heavy atom. The smallest absolute Gasteiger partial charge is 0.258 e. The first kappa shape index (κ1) is 20.2. The lowest BCUT2D eigenvalue weighted by Crippen LogP contribution is -2.46. The Morgan fingerprint density at radius 2 is 1.93 bits per heavy atom. The number of phenols is 1. The summed E-state index contributed by atoms with van der Waals surface area (Å²) in [5, 5.41) is 12.8. The SMILES string of the molecule is CN(Cc1cccc(Cl)c1)C(=O)C1CCCN1C(=O)c1ccc2ccccc2c1O. The van der Waals surface area contributed by atoms with Crippen molar-refractivity contribution in [2.24, 2.45) is 0 Å². The molecule has 4 rings (SSSR count). The average molecular weight is 423 g/mol. The molecular formula is C24H23ClN2O3. The van der Waals surface area contributed by atoms with E-state index in [2.05, 4.69) is 0 Å². The minimum atomic E-state index is -0.535. The zero-order valence-corrected chi connectivity index (χ0v) is 17.5. The van der Waals surface area contributed by atoms with Crippen LogP contribution in [-0.4, -0.2) is 46.4 Å². The highest BCUT2D eigenvalue weighted by molar-refractivity contribution is 6.30. The summed E-state index contributed by atoms with van der Waals surface area (Å²) in [4.78, 5) is 29.6. The largest absolute Gasteiger partial charge is 0.506 e. The lowest BCUT2D eigenvalue weighted by atomic mass is 10.0. The number of phenolic OH excluding ortho intramolecular Hbond substituents is 1. The fourth-order valence-electron chi connectivity index (χ4n) is 4.09. The number of likely N-dealkylation sites (tertiary alicyclic amines) is 1. The van der Waals surface area contributed by atoms with E-state index in [1.807, 2.05) is 42.5 Å². The quantitative estimate of drug-likeness (QED) is 0.675. The van der Waals surface area contributed by atoms with Crippen molar-refractivity contribution in [2.45, 2.75) is 25.4 Å². The van der Waals surface area contributed by atoms with Gasteiger partial charge in [-0.3, -0.25) is 9.59 Å². The van der Waals surface area contributed by atoms with Crippen LogP contribution in [0.1, 0.15) is 28.8 Å². The van der Waals surface area contributed by atoms with Gasteiger partial charge in [0.25, 0.3) is 5.91 Å². The van der Waals surface area contributed by atoms with Gasteiger partial charge in [0.15, 0.2) is 0 Å². The Hall–Kier alpha value is -3.05. The van der Waals surface area contributed by atoms with Crippen molar-refractivity contribution in [1.82, 2.24) is 9.80 Å². The van der Waals surface area contributed by atoms with Gasteiger partial charge in [-0.2, -0.15) is 0 Å². The third kappa shape index (κ3) is 3.85. The van der Waals surface area contributed by atoms with Crippen molar-refractivity contribution in [3.63, 3.8) is 0 Å². The summed E-state index contributed by atoms with van der Waals surface area (Å²) in [6.45, 7) is 0.908. The van der Waals surface area contributed by atoms with E-state index < -0.39 is 6.04 Å². The minimum Gasteiger partial charge on any atom is -0.506 e. The minimum absolute atomic E-state index is 0.0384. The summed E-state index contributed by atoms with van der Waals surface area (Å²) in [6.07, 6.45) is 1.36. The molecule has 1 atom stereocenters. The summed E-state index contributed by atoms with van der Waals surface area (Å²) >= 11 is 6.04. The Labute approximate surface area is 180 Å². The van der Waals surface area contributed by atoms with Crippen LogP contribution in [0.5, 0.6) is 5.75 Å². The number of amides is 2. The molecule has 6 heteroatoms. The molecule has 1 heterocycles. The van der Waals surface area contributed by atoms with E-state index in [0.717, 1.165) is 17.4 Å². The Balaban J connectivity index is 1.55. The van der Waals surface area contributed by atoms with Gasteiger partial charge < -0.3 is 14.9 Å². The number of aromatic hydroxyl groups is 1. The number of benzene rings is 3. The third-order valence-electron chi connectivity index (χ3n) is 5.61. The highest BCUT2D eigenvalue weighted by Crippen LogP contribution is 2.31. The molecule has 1 aliphatic rings. The number of carbonyl (C=O) groups is 2. The van der Waals surface area contributed by atoms with Gasteiger partial charge in [0, 0.05) is 30.5 Å². The van der Waals surface area contributed by atoms with Gasteiger partial charge in [-0.05, 0) is 42.0 Å². The van der Waals surface area contributed by atoms with Crippen molar-refractivity contribution in [3.05, 3.63) is 76.8 Å². The second-order valence-corrected chi connectivity index (χ2v) is 8.10. The summed E-state index contributed by atoms with van der Waals surface area (Å²) in [5.41, 5.74) is 1.16. The van der Waals surface area contributed by atoms with Crippen molar-refractivity contribution in [3.8, 4) is 5.75 Å². The van der Waals surface area contributed by atoms with Gasteiger partial charge in [0.05, 0.1) is 5.56 Å². The number of nitrogens with zero attached hydrogens (tertiary/aromatic N) is 2. The first-order chi connectivity index (χ1) is 14.5. The first-order valence-corrected chi connectivity index (χ1v) is 10.3. The normalized spacial score (nSPS) is 16.1. The lowest BCUT2D eigenvalue weighted by molar-refractivity contribution is -0.134. The molecule has 1 N–H and O–H groups in total. The van der Waals surface area contributed by atoms with Crippen LogP contribution in [0, 0.1) is 0 Å². The van der Waals surface area contributed by atoms with Crippen LogP contribution in [0.3, 0.4) is 0 Å². The standard InChI is InChI=1S/C24H23ClN2O3/c1-26(15-16-6-4-8-18(25)14-16)24(30)21-10-5-13-27(21)23(29)20-12-11-17-7-2-3-9-19(17)22(20)28/h2-4,6-9,11-12,14,21,28H,5,10,13,15H2,1H3. The summed E-state index contributed by atoms with van der Waals surface area (Å²) in [5.74, 6) is -0.463. The maximum Gasteiger partial charge on any atom is 0.258 e. The van der Waals surface area contributed by atoms with Gasteiger partial charge in [0.1, 0.15) is 11.8 Å². The average Bonchev–Trinajstić information content (AvgIpc) is 3.23. The molecule has 0 aliphatic carbocycles. The van der Waals surface area contributed by atoms with Crippen LogP contribution >= 0.6 is 11.6 Å². The number of rotatable bonds is 4. The maximum absolute atomic E-state index is 13.2. The molecule has 3 aromatic carbocycles. The third-order valence-corrected chi connectivity index (χ3v) is 5.85. The van der Waals surface area contributed by atoms with Crippen LogP contribution in [0.25, 0.3) is 10.8 Å². The van der Waals surface area contributed by atoms with Crippen molar-refractivity contribution >= 4 is 34.2 Å². The first-order valence-electron chi connectivity index (χ1n) is 9.97. The van der Waals surface area contributed by atoms with Gasteiger partial charge in [-0.1, -0.05) is 54.1 Å². The molecule has 154 valence electrons. The molecule has 0 bridgehead atoms. The van der Waals surface area contributed by atoms with Gasteiger partial charge >= 0.3 is 0 Å². The zero-order valence-electron chi connectivity index (χ0n) is 16.7. The molecule has 0 saturated carbocycles. The Morgan fingerprint density at radius 1 is 1.13 bits per heavy atom. The van der Waals surface area contributed by atoms with Crippen LogP contribution in [-0.2, 0) is 11.3 Å². The molecule has 5 nitrogen and oxygen atoms in total. The molecule has 1 saturated heterocycles. The van der Waals surface area contributed by atoms with E-state index in [9.17, 15) is 14.7 Å². The van der Waals surface area contributed by atoms with Crippen LogP contribution in [0.15, 0.2) is 60.7 Å². The molecule has 0 radical (unpaired) electrons. The zero-order chi connectivity index (χ0) is 21.3. The number of likely N-dealkylation sites (N-methyl/N-ethyl adjacent to an activating group) is 1. The van der Waals surface area contributed by atoms with Gasteiger partial charge in [-0.15, -0.1) is 0 Å². The Kier molecular flexibility index (Phi) is 5.64. The number of halogens is 1. The topological polar surface area (TPSA) is 60.9 Å². The van der Waals surface area contributed by atoms with E-state index in [0.29, 0.717) is 29.9 Å². The molecule has 3 aromatic rings. The fourth-order valence-corrected chi connectivity index (χ4v) is 4.30.